The van der Waals surface area contributed by atoms with Crippen molar-refractivity contribution in [3.8, 4) is 0 Å². The van der Waals surface area contributed by atoms with Gasteiger partial charge in [0.2, 0.25) is 11.6 Å². The largest absolute Gasteiger partial charge is 0.447 e. The molecule has 1 saturated carbocycles. The van der Waals surface area contributed by atoms with Gasteiger partial charge in [-0.3, -0.25) is 9.59 Å². The zero-order valence-electron chi connectivity index (χ0n) is 12.3. The summed E-state index contributed by atoms with van der Waals surface area (Å²) in [6.07, 6.45) is 2.03. The molecule has 0 aromatic heterocycles. The molecule has 22 heavy (non-hydrogen) atoms. The number of ether oxygens (including phenoxy) is 1. The smallest absolute Gasteiger partial charge is 0.261 e. The molecular formula is C16H17ClN2O3. The topological polar surface area (TPSA) is 59.0 Å². The molecule has 1 amide bonds. The van der Waals surface area contributed by atoms with E-state index in [4.69, 9.17) is 16.3 Å². The van der Waals surface area contributed by atoms with Crippen LogP contribution in [0.1, 0.15) is 31.7 Å². The van der Waals surface area contributed by atoms with Crippen molar-refractivity contribution in [3.63, 3.8) is 0 Å². The van der Waals surface area contributed by atoms with Crippen molar-refractivity contribution >= 4 is 29.2 Å². The summed E-state index contributed by atoms with van der Waals surface area (Å²) in [5, 5.41) is 5.55. The summed E-state index contributed by atoms with van der Waals surface area (Å²) in [5.74, 6) is -0.481. The van der Waals surface area contributed by atoms with E-state index in [1.54, 1.807) is 6.92 Å². The van der Waals surface area contributed by atoms with Gasteiger partial charge in [0.25, 0.3) is 5.91 Å². The zero-order valence-corrected chi connectivity index (χ0v) is 13.0. The van der Waals surface area contributed by atoms with E-state index in [-0.39, 0.29) is 23.5 Å². The maximum absolute atomic E-state index is 12.2. The van der Waals surface area contributed by atoms with E-state index in [9.17, 15) is 9.59 Å². The Balaban J connectivity index is 1.97. The third-order valence-electron chi connectivity index (χ3n) is 4.24. The van der Waals surface area contributed by atoms with Crippen LogP contribution in [0.15, 0.2) is 35.4 Å². The molecular weight excluding hydrogens is 304 g/mol. The number of alkyl halides is 1. The van der Waals surface area contributed by atoms with E-state index < -0.39 is 5.72 Å². The van der Waals surface area contributed by atoms with E-state index in [1.807, 2.05) is 30.3 Å². The third kappa shape index (κ3) is 2.39. The van der Waals surface area contributed by atoms with Crippen LogP contribution in [0, 0.1) is 5.92 Å². The SMILES string of the molecule is C[C@]1([C@@H]2CCCC2=O)OC(c2ccccc2)=NN1C(=O)CCl. The lowest BCUT2D eigenvalue weighted by atomic mass is 9.94. The van der Waals surface area contributed by atoms with Crippen molar-refractivity contribution in [2.45, 2.75) is 31.9 Å². The average Bonchev–Trinajstić information content (AvgIpc) is 3.12. The Morgan fingerprint density at radius 1 is 1.45 bits per heavy atom. The number of hydrogen-bond acceptors (Lipinski definition) is 4. The van der Waals surface area contributed by atoms with E-state index in [0.717, 1.165) is 12.0 Å². The number of carbonyl (C=O) groups is 2. The predicted octanol–water partition coefficient (Wildman–Crippen LogP) is 2.53. The minimum absolute atomic E-state index is 0.111. The number of hydrogen-bond donors (Lipinski definition) is 0. The first-order valence-corrected chi connectivity index (χ1v) is 7.84. The maximum Gasteiger partial charge on any atom is 0.261 e. The number of rotatable bonds is 3. The fraction of sp³-hybridized carbons (Fsp3) is 0.438. The Morgan fingerprint density at radius 2 is 2.18 bits per heavy atom. The highest BCUT2D eigenvalue weighted by Crippen LogP contribution is 2.40. The molecule has 0 unspecified atom stereocenters. The van der Waals surface area contributed by atoms with E-state index in [1.165, 1.54) is 5.01 Å². The first-order chi connectivity index (χ1) is 10.6. The summed E-state index contributed by atoms with van der Waals surface area (Å²) in [6.45, 7) is 1.74. The van der Waals surface area contributed by atoms with E-state index in [0.29, 0.717) is 18.7 Å². The molecule has 1 aliphatic heterocycles. The first kappa shape index (κ1) is 15.0. The molecule has 1 aromatic carbocycles. The second kappa shape index (κ2) is 5.72. The highest BCUT2D eigenvalue weighted by Gasteiger charge is 2.53. The van der Waals surface area contributed by atoms with Crippen LogP contribution in [0.2, 0.25) is 0 Å². The molecule has 5 nitrogen and oxygen atoms in total. The molecule has 1 heterocycles. The van der Waals surface area contributed by atoms with Gasteiger partial charge in [-0.25, -0.2) is 0 Å². The summed E-state index contributed by atoms with van der Waals surface area (Å²) in [6, 6.07) is 9.33. The van der Waals surface area contributed by atoms with Crippen LogP contribution in [0.25, 0.3) is 0 Å². The quantitative estimate of drug-likeness (QED) is 0.804. The van der Waals surface area contributed by atoms with Gasteiger partial charge < -0.3 is 4.74 Å². The Labute approximate surface area is 133 Å². The van der Waals surface area contributed by atoms with Gasteiger partial charge in [0.15, 0.2) is 0 Å². The van der Waals surface area contributed by atoms with Crippen molar-refractivity contribution < 1.29 is 14.3 Å². The van der Waals surface area contributed by atoms with Crippen molar-refractivity contribution in [3.05, 3.63) is 35.9 Å². The molecule has 0 N–H and O–H groups in total. The lowest BCUT2D eigenvalue weighted by Crippen LogP contribution is -2.52. The third-order valence-corrected chi connectivity index (χ3v) is 4.47. The van der Waals surface area contributed by atoms with Gasteiger partial charge in [0.1, 0.15) is 11.7 Å². The average molecular weight is 321 g/mol. The van der Waals surface area contributed by atoms with Gasteiger partial charge in [-0.1, -0.05) is 18.2 Å². The lowest BCUT2D eigenvalue weighted by Gasteiger charge is -2.35. The number of hydrazone groups is 1. The Morgan fingerprint density at radius 3 is 2.77 bits per heavy atom. The molecule has 1 fully saturated rings. The highest BCUT2D eigenvalue weighted by atomic mass is 35.5. The molecule has 0 saturated heterocycles. The van der Waals surface area contributed by atoms with Gasteiger partial charge >= 0.3 is 0 Å². The summed E-state index contributed by atoms with van der Waals surface area (Å²) < 4.78 is 6.00. The highest BCUT2D eigenvalue weighted by molar-refractivity contribution is 6.27. The number of amides is 1. The minimum Gasteiger partial charge on any atom is -0.447 e. The van der Waals surface area contributed by atoms with Crippen molar-refractivity contribution in [2.24, 2.45) is 11.0 Å². The van der Waals surface area contributed by atoms with Crippen LogP contribution in [0.4, 0.5) is 0 Å². The molecule has 1 aromatic rings. The molecule has 6 heteroatoms. The van der Waals surface area contributed by atoms with Crippen molar-refractivity contribution in [1.82, 2.24) is 5.01 Å². The van der Waals surface area contributed by atoms with Gasteiger partial charge in [-0.2, -0.15) is 5.01 Å². The molecule has 2 atom stereocenters. The lowest BCUT2D eigenvalue weighted by molar-refractivity contribution is -0.156. The predicted molar refractivity (Wildman–Crippen MR) is 82.4 cm³/mol. The van der Waals surface area contributed by atoms with Crippen LogP contribution >= 0.6 is 11.6 Å². The molecule has 116 valence electrons. The standard InChI is InChI=1S/C16H17ClN2O3/c1-16(12-8-5-9-13(12)20)19(14(21)10-17)18-15(22-16)11-6-3-2-4-7-11/h2-4,6-7,12H,5,8-10H2,1H3/t12-,16-/m1/s1. The van der Waals surface area contributed by atoms with E-state index in [2.05, 4.69) is 5.10 Å². The van der Waals surface area contributed by atoms with Crippen molar-refractivity contribution in [1.29, 1.82) is 0 Å². The van der Waals surface area contributed by atoms with Crippen LogP contribution in [-0.2, 0) is 14.3 Å². The Kier molecular flexibility index (Phi) is 3.91. The van der Waals surface area contributed by atoms with Gasteiger partial charge in [0, 0.05) is 12.0 Å². The molecule has 2 aliphatic rings. The molecule has 0 spiro atoms. The number of halogens is 1. The molecule has 0 radical (unpaired) electrons. The first-order valence-electron chi connectivity index (χ1n) is 7.31. The zero-order chi connectivity index (χ0) is 15.7. The summed E-state index contributed by atoms with van der Waals surface area (Å²) in [4.78, 5) is 24.3. The monoisotopic (exact) mass is 320 g/mol. The van der Waals surface area contributed by atoms with E-state index >= 15 is 0 Å². The second-order valence-corrected chi connectivity index (χ2v) is 5.95. The fourth-order valence-corrected chi connectivity index (χ4v) is 3.22. The Hall–Kier alpha value is -1.88. The summed E-state index contributed by atoms with van der Waals surface area (Å²) >= 11 is 5.70. The molecule has 1 aliphatic carbocycles. The molecule has 0 bridgehead atoms. The van der Waals surface area contributed by atoms with Gasteiger partial charge in [0.05, 0.1) is 5.92 Å². The fourth-order valence-electron chi connectivity index (χ4n) is 3.11. The second-order valence-electron chi connectivity index (χ2n) is 5.68. The normalized spacial score (nSPS) is 27.7. The maximum atomic E-state index is 12.2. The van der Waals surface area contributed by atoms with Crippen LogP contribution in [0.3, 0.4) is 0 Å². The number of carbonyl (C=O) groups excluding carboxylic acids is 2. The van der Waals surface area contributed by atoms with Crippen molar-refractivity contribution in [2.75, 3.05) is 5.88 Å². The number of nitrogens with zero attached hydrogens (tertiary/aromatic N) is 2. The summed E-state index contributed by atoms with van der Waals surface area (Å²) in [7, 11) is 0. The number of ketones is 1. The number of benzene rings is 1. The van der Waals surface area contributed by atoms with Crippen LogP contribution < -0.4 is 0 Å². The Bertz CT molecular complexity index is 632. The van der Waals surface area contributed by atoms with Gasteiger partial charge in [-0.15, -0.1) is 16.7 Å². The summed E-state index contributed by atoms with van der Waals surface area (Å²) in [5.41, 5.74) is -0.325. The van der Waals surface area contributed by atoms with Crippen LogP contribution in [-0.4, -0.2) is 34.2 Å². The molecule has 3 rings (SSSR count). The van der Waals surface area contributed by atoms with Crippen LogP contribution in [0.5, 0.6) is 0 Å². The number of Topliss-reactive ketones (excluding diaryl/α,β-unsaturated/α-hetero) is 1. The van der Waals surface area contributed by atoms with Gasteiger partial charge in [-0.05, 0) is 31.9 Å². The minimum atomic E-state index is -1.09.